The van der Waals surface area contributed by atoms with Gasteiger partial charge in [-0.1, -0.05) is 57.7 Å². The van der Waals surface area contributed by atoms with Crippen LogP contribution in [0.5, 0.6) is 5.75 Å². The molecule has 160 valence electrons. The fourth-order valence-electron chi connectivity index (χ4n) is 3.28. The molecule has 0 saturated carbocycles. The lowest BCUT2D eigenvalue weighted by molar-refractivity contribution is -0.120. The summed E-state index contributed by atoms with van der Waals surface area (Å²) in [6.07, 6.45) is 0.703. The molecule has 0 heterocycles. The fraction of sp³-hybridized carbons (Fsp3) is 0.333. The first-order valence-electron chi connectivity index (χ1n) is 9.73. The van der Waals surface area contributed by atoms with Gasteiger partial charge in [0.1, 0.15) is 11.8 Å². The van der Waals surface area contributed by atoms with Crippen LogP contribution in [0, 0.1) is 0 Å². The van der Waals surface area contributed by atoms with Crippen LogP contribution in [-0.2, 0) is 16.6 Å². The van der Waals surface area contributed by atoms with Crippen molar-refractivity contribution in [3.63, 3.8) is 0 Å². The van der Waals surface area contributed by atoms with Crippen LogP contribution >= 0.6 is 0 Å². The van der Waals surface area contributed by atoms with Crippen LogP contribution in [0.15, 0.2) is 49.0 Å². The summed E-state index contributed by atoms with van der Waals surface area (Å²) in [5, 5.41) is 11.6. The fourth-order valence-corrected chi connectivity index (χ4v) is 3.28. The summed E-state index contributed by atoms with van der Waals surface area (Å²) in [5.41, 5.74) is 3.20. The monoisotopic (exact) mass is 410 g/mol. The molecule has 1 unspecified atom stereocenters. The number of carbonyl (C=O) groups is 2. The van der Waals surface area contributed by atoms with Gasteiger partial charge in [0.25, 0.3) is 0 Å². The highest BCUT2D eigenvalue weighted by Crippen LogP contribution is 2.34. The number of nitrogens with one attached hydrogen (secondary N) is 1. The van der Waals surface area contributed by atoms with Crippen molar-refractivity contribution in [2.45, 2.75) is 38.6 Å². The van der Waals surface area contributed by atoms with E-state index in [1.165, 1.54) is 4.90 Å². The van der Waals surface area contributed by atoms with Crippen LogP contribution in [0.4, 0.5) is 10.5 Å². The summed E-state index contributed by atoms with van der Waals surface area (Å²) in [4.78, 5) is 26.0. The maximum atomic E-state index is 13.2. The number of methoxy groups -OCH3 is 1. The smallest absolute Gasteiger partial charge is 0.405 e. The van der Waals surface area contributed by atoms with E-state index in [4.69, 9.17) is 4.74 Å². The zero-order valence-electron chi connectivity index (χ0n) is 18.2. The molecule has 0 aliphatic rings. The predicted molar refractivity (Wildman–Crippen MR) is 120 cm³/mol. The Kier molecular flexibility index (Phi) is 7.27. The molecule has 0 saturated heterocycles. The summed E-state index contributed by atoms with van der Waals surface area (Å²) >= 11 is 0. The number of hydrogen-bond acceptors (Lipinski definition) is 3. The Morgan fingerprint density at radius 3 is 2.50 bits per heavy atom. The molecule has 2 aromatic carbocycles. The Morgan fingerprint density at radius 2 is 1.93 bits per heavy atom. The SMILES string of the molecule is C=Cc1cccc(CC(NC(=O)O)C(=O)N(C)c2ccc(OC)c(C(C)(C)C)c2)c1. The maximum absolute atomic E-state index is 13.2. The Balaban J connectivity index is 2.35. The molecule has 0 bridgehead atoms. The van der Waals surface area contributed by atoms with E-state index in [0.717, 1.165) is 22.4 Å². The van der Waals surface area contributed by atoms with E-state index in [0.29, 0.717) is 5.69 Å². The Morgan fingerprint density at radius 1 is 1.23 bits per heavy atom. The van der Waals surface area contributed by atoms with Crippen molar-refractivity contribution in [2.75, 3.05) is 19.1 Å². The second-order valence-corrected chi connectivity index (χ2v) is 8.19. The average molecular weight is 411 g/mol. The van der Waals surface area contributed by atoms with Crippen LogP contribution < -0.4 is 15.0 Å². The summed E-state index contributed by atoms with van der Waals surface area (Å²) in [5.74, 6) is 0.403. The summed E-state index contributed by atoms with van der Waals surface area (Å²) in [6, 6.07) is 12.1. The summed E-state index contributed by atoms with van der Waals surface area (Å²) < 4.78 is 5.47. The van der Waals surface area contributed by atoms with E-state index in [1.54, 1.807) is 26.3 Å². The van der Waals surface area contributed by atoms with Gasteiger partial charge in [0, 0.05) is 24.7 Å². The zero-order valence-corrected chi connectivity index (χ0v) is 18.2. The molecule has 0 aliphatic carbocycles. The molecular weight excluding hydrogens is 380 g/mol. The second-order valence-electron chi connectivity index (χ2n) is 8.19. The van der Waals surface area contributed by atoms with Gasteiger partial charge in [-0.2, -0.15) is 0 Å². The lowest BCUT2D eigenvalue weighted by atomic mass is 9.86. The number of ether oxygens (including phenoxy) is 1. The molecule has 2 N–H and O–H groups in total. The van der Waals surface area contributed by atoms with E-state index in [-0.39, 0.29) is 17.7 Å². The van der Waals surface area contributed by atoms with Gasteiger partial charge in [-0.25, -0.2) is 4.79 Å². The summed E-state index contributed by atoms with van der Waals surface area (Å²) in [7, 11) is 3.26. The minimum absolute atomic E-state index is 0.185. The van der Waals surface area contributed by atoms with Crippen molar-refractivity contribution >= 4 is 23.8 Å². The number of rotatable bonds is 7. The number of carboxylic acid groups (broad SMARTS) is 1. The third-order valence-corrected chi connectivity index (χ3v) is 4.93. The van der Waals surface area contributed by atoms with Crippen LogP contribution in [0.1, 0.15) is 37.5 Å². The number of carbonyl (C=O) groups excluding carboxylic acids is 1. The molecule has 1 atom stereocenters. The van der Waals surface area contributed by atoms with Crippen LogP contribution in [0.2, 0.25) is 0 Å². The Bertz CT molecular complexity index is 931. The maximum Gasteiger partial charge on any atom is 0.405 e. The standard InChI is InChI=1S/C24H30N2O4/c1-7-16-9-8-10-17(13-16)14-20(25-23(28)29)22(27)26(5)18-11-12-21(30-6)19(15-18)24(2,3)4/h7-13,15,20,25H,1,14H2,2-6H3,(H,28,29). The largest absolute Gasteiger partial charge is 0.496 e. The van der Waals surface area contributed by atoms with Gasteiger partial charge >= 0.3 is 6.09 Å². The van der Waals surface area contributed by atoms with Gasteiger partial charge in [0.05, 0.1) is 7.11 Å². The van der Waals surface area contributed by atoms with Crippen molar-refractivity contribution in [1.29, 1.82) is 0 Å². The minimum atomic E-state index is -1.24. The van der Waals surface area contributed by atoms with Crippen LogP contribution in [-0.4, -0.2) is 37.3 Å². The lowest BCUT2D eigenvalue weighted by Crippen LogP contribution is -2.48. The molecular formula is C24H30N2O4. The Hall–Kier alpha value is -3.28. The highest BCUT2D eigenvalue weighted by atomic mass is 16.5. The second kappa shape index (κ2) is 9.48. The van der Waals surface area contributed by atoms with Crippen molar-refractivity contribution < 1.29 is 19.4 Å². The van der Waals surface area contributed by atoms with Gasteiger partial charge < -0.3 is 20.1 Å². The first-order chi connectivity index (χ1) is 14.1. The Labute approximate surface area is 178 Å². The van der Waals surface area contributed by atoms with Gasteiger partial charge in [-0.3, -0.25) is 4.79 Å². The van der Waals surface area contributed by atoms with Crippen LogP contribution in [0.3, 0.4) is 0 Å². The van der Waals surface area contributed by atoms with Crippen molar-refractivity contribution in [3.8, 4) is 5.75 Å². The topological polar surface area (TPSA) is 78.9 Å². The molecule has 0 aromatic heterocycles. The zero-order chi connectivity index (χ0) is 22.5. The molecule has 2 aromatic rings. The van der Waals surface area contributed by atoms with Gasteiger partial charge in [-0.15, -0.1) is 0 Å². The third-order valence-electron chi connectivity index (χ3n) is 4.93. The highest BCUT2D eigenvalue weighted by Gasteiger charge is 2.27. The van der Waals surface area contributed by atoms with E-state index in [2.05, 4.69) is 32.7 Å². The average Bonchev–Trinajstić information content (AvgIpc) is 2.70. The number of hydrogen-bond donors (Lipinski definition) is 2. The van der Waals surface area contributed by atoms with Gasteiger partial charge in [0.2, 0.25) is 5.91 Å². The molecule has 6 nitrogen and oxygen atoms in total. The van der Waals surface area contributed by atoms with E-state index < -0.39 is 12.1 Å². The molecule has 2 amide bonds. The van der Waals surface area contributed by atoms with Crippen molar-refractivity contribution in [2.24, 2.45) is 0 Å². The molecule has 0 aliphatic heterocycles. The van der Waals surface area contributed by atoms with Crippen molar-refractivity contribution in [1.82, 2.24) is 5.32 Å². The predicted octanol–water partition coefficient (Wildman–Crippen LogP) is 4.48. The normalized spacial score (nSPS) is 12.0. The molecule has 30 heavy (non-hydrogen) atoms. The molecule has 6 heteroatoms. The number of anilines is 1. The first-order valence-corrected chi connectivity index (χ1v) is 9.73. The third kappa shape index (κ3) is 5.63. The van der Waals surface area contributed by atoms with E-state index in [1.807, 2.05) is 36.4 Å². The number of benzene rings is 2. The minimum Gasteiger partial charge on any atom is -0.496 e. The number of nitrogens with zero attached hydrogens (tertiary/aromatic N) is 1. The van der Waals surface area contributed by atoms with Gasteiger partial charge in [0.15, 0.2) is 0 Å². The summed E-state index contributed by atoms with van der Waals surface area (Å²) in [6.45, 7) is 9.95. The molecule has 0 radical (unpaired) electrons. The number of likely N-dealkylation sites (N-methyl/N-ethyl adjacent to an activating group) is 1. The van der Waals surface area contributed by atoms with Gasteiger partial charge in [-0.05, 0) is 34.7 Å². The highest BCUT2D eigenvalue weighted by molar-refractivity contribution is 5.98. The van der Waals surface area contributed by atoms with Crippen LogP contribution in [0.25, 0.3) is 6.08 Å². The molecule has 2 rings (SSSR count). The number of amides is 2. The molecule has 0 spiro atoms. The van der Waals surface area contributed by atoms with Crippen molar-refractivity contribution in [3.05, 3.63) is 65.7 Å². The quantitative estimate of drug-likeness (QED) is 0.706. The van der Waals surface area contributed by atoms with E-state index in [9.17, 15) is 14.7 Å². The van der Waals surface area contributed by atoms with E-state index >= 15 is 0 Å². The first kappa shape index (κ1) is 23.0. The molecule has 0 fully saturated rings. The lowest BCUT2D eigenvalue weighted by Gasteiger charge is -2.27.